The molecule has 0 amide bonds. The molecule has 0 bridgehead atoms. The molecule has 2 aromatic rings. The lowest BCUT2D eigenvalue weighted by atomic mass is 10.0. The Morgan fingerprint density at radius 2 is 2.38 bits per heavy atom. The van der Waals surface area contributed by atoms with Crippen molar-refractivity contribution >= 4 is 5.82 Å². The second-order valence-corrected chi connectivity index (χ2v) is 6.09. The van der Waals surface area contributed by atoms with Crippen molar-refractivity contribution in [3.63, 3.8) is 0 Å². The van der Waals surface area contributed by atoms with Crippen LogP contribution in [0.5, 0.6) is 0 Å². The normalized spacial score (nSPS) is 18.3. The summed E-state index contributed by atoms with van der Waals surface area (Å²) in [5, 5.41) is 13.3. The first-order chi connectivity index (χ1) is 11.7. The van der Waals surface area contributed by atoms with Crippen LogP contribution in [0.2, 0.25) is 0 Å². The molecule has 126 valence electrons. The number of hydrogen-bond donors (Lipinski definition) is 0. The predicted molar refractivity (Wildman–Crippen MR) is 89.3 cm³/mol. The van der Waals surface area contributed by atoms with Crippen molar-refractivity contribution in [2.75, 3.05) is 25.0 Å². The van der Waals surface area contributed by atoms with E-state index in [2.05, 4.69) is 31.0 Å². The van der Waals surface area contributed by atoms with Crippen molar-refractivity contribution < 1.29 is 4.52 Å². The zero-order valence-corrected chi connectivity index (χ0v) is 14.1. The van der Waals surface area contributed by atoms with Crippen LogP contribution in [0.1, 0.15) is 37.0 Å². The quantitative estimate of drug-likeness (QED) is 0.831. The number of hydrogen-bond acceptors (Lipinski definition) is 7. The first-order valence-electron chi connectivity index (χ1n) is 8.33. The van der Waals surface area contributed by atoms with E-state index in [9.17, 15) is 5.26 Å². The maximum absolute atomic E-state index is 9.28. The Labute approximate surface area is 141 Å². The van der Waals surface area contributed by atoms with Gasteiger partial charge in [-0.25, -0.2) is 4.98 Å². The highest BCUT2D eigenvalue weighted by molar-refractivity contribution is 5.53. The third-order valence-corrected chi connectivity index (χ3v) is 4.45. The Morgan fingerprint density at radius 3 is 3.12 bits per heavy atom. The summed E-state index contributed by atoms with van der Waals surface area (Å²) in [6, 6.07) is 6.15. The molecule has 7 heteroatoms. The van der Waals surface area contributed by atoms with Gasteiger partial charge in [0.05, 0.1) is 12.1 Å². The van der Waals surface area contributed by atoms with Gasteiger partial charge in [0.25, 0.3) is 0 Å². The summed E-state index contributed by atoms with van der Waals surface area (Å²) in [7, 11) is 2.01. The van der Waals surface area contributed by atoms with Gasteiger partial charge in [-0.1, -0.05) is 12.1 Å². The van der Waals surface area contributed by atoms with Crippen molar-refractivity contribution in [1.29, 1.82) is 5.26 Å². The molecule has 0 aliphatic carbocycles. The van der Waals surface area contributed by atoms with E-state index in [0.29, 0.717) is 24.0 Å². The number of nitrogens with zero attached hydrogens (tertiary/aromatic N) is 6. The predicted octanol–water partition coefficient (Wildman–Crippen LogP) is 2.00. The number of nitriles is 1. The van der Waals surface area contributed by atoms with Gasteiger partial charge in [-0.15, -0.1) is 0 Å². The number of pyridine rings is 1. The van der Waals surface area contributed by atoms with Crippen LogP contribution in [0.3, 0.4) is 0 Å². The fourth-order valence-corrected chi connectivity index (χ4v) is 3.13. The zero-order chi connectivity index (χ0) is 16.9. The van der Waals surface area contributed by atoms with Gasteiger partial charge in [0, 0.05) is 32.3 Å². The summed E-state index contributed by atoms with van der Waals surface area (Å²) >= 11 is 0. The van der Waals surface area contributed by atoms with E-state index in [1.54, 1.807) is 12.3 Å². The second kappa shape index (κ2) is 7.41. The molecule has 24 heavy (non-hydrogen) atoms. The highest BCUT2D eigenvalue weighted by atomic mass is 16.5. The lowest BCUT2D eigenvalue weighted by Gasteiger charge is -2.37. The van der Waals surface area contributed by atoms with Crippen molar-refractivity contribution in [1.82, 2.24) is 20.0 Å². The molecule has 3 heterocycles. The third-order valence-electron chi connectivity index (χ3n) is 4.45. The molecule has 1 fully saturated rings. The van der Waals surface area contributed by atoms with Crippen LogP contribution >= 0.6 is 0 Å². The van der Waals surface area contributed by atoms with Gasteiger partial charge in [0.1, 0.15) is 11.9 Å². The van der Waals surface area contributed by atoms with E-state index in [0.717, 1.165) is 44.0 Å². The number of aromatic nitrogens is 3. The highest BCUT2D eigenvalue weighted by Crippen LogP contribution is 2.23. The number of anilines is 1. The molecular weight excluding hydrogens is 304 g/mol. The Bertz CT molecular complexity index is 722. The van der Waals surface area contributed by atoms with E-state index in [4.69, 9.17) is 4.52 Å². The van der Waals surface area contributed by atoms with Gasteiger partial charge in [-0.3, -0.25) is 4.90 Å². The topological polar surface area (TPSA) is 82.1 Å². The van der Waals surface area contributed by atoms with Crippen LogP contribution < -0.4 is 4.90 Å². The monoisotopic (exact) mass is 326 g/mol. The van der Waals surface area contributed by atoms with Gasteiger partial charge >= 0.3 is 0 Å². The van der Waals surface area contributed by atoms with E-state index in [1.165, 1.54) is 0 Å². The summed E-state index contributed by atoms with van der Waals surface area (Å²) in [5.41, 5.74) is 0.614. The first kappa shape index (κ1) is 16.4. The summed E-state index contributed by atoms with van der Waals surface area (Å²) in [6.07, 6.45) is 4.68. The SMILES string of the molecule is CCc1nc(CN2CCC[C@@H](N(C)c3ncccc3C#N)C2)no1. The molecule has 3 rings (SSSR count). The molecule has 1 aliphatic rings. The van der Waals surface area contributed by atoms with Crippen LogP contribution in [-0.2, 0) is 13.0 Å². The van der Waals surface area contributed by atoms with Gasteiger partial charge in [0.15, 0.2) is 5.82 Å². The molecule has 0 aromatic carbocycles. The number of rotatable bonds is 5. The molecule has 1 aliphatic heterocycles. The molecular formula is C17H22N6O. The third kappa shape index (κ3) is 3.54. The minimum absolute atomic E-state index is 0.318. The molecule has 2 aromatic heterocycles. The summed E-state index contributed by atoms with van der Waals surface area (Å²) in [5.74, 6) is 2.17. The number of piperidine rings is 1. The van der Waals surface area contributed by atoms with Crippen LogP contribution in [0.25, 0.3) is 0 Å². The maximum atomic E-state index is 9.28. The average molecular weight is 326 g/mol. The number of likely N-dealkylation sites (tertiary alicyclic amines) is 1. The van der Waals surface area contributed by atoms with E-state index in [1.807, 2.05) is 20.0 Å². The van der Waals surface area contributed by atoms with Crippen molar-refractivity contribution in [3.05, 3.63) is 35.6 Å². The van der Waals surface area contributed by atoms with Gasteiger partial charge in [-0.2, -0.15) is 10.2 Å². The summed E-state index contributed by atoms with van der Waals surface area (Å²) in [4.78, 5) is 13.2. The molecule has 0 saturated carbocycles. The van der Waals surface area contributed by atoms with Gasteiger partial charge in [-0.05, 0) is 31.5 Å². The zero-order valence-electron chi connectivity index (χ0n) is 14.1. The molecule has 0 spiro atoms. The Balaban J connectivity index is 1.67. The van der Waals surface area contributed by atoms with E-state index >= 15 is 0 Å². The summed E-state index contributed by atoms with van der Waals surface area (Å²) in [6.45, 7) is 4.62. The van der Waals surface area contributed by atoms with Crippen molar-refractivity contribution in [3.8, 4) is 6.07 Å². The minimum Gasteiger partial charge on any atom is -0.354 e. The van der Waals surface area contributed by atoms with Crippen LogP contribution in [0, 0.1) is 11.3 Å². The Kier molecular flexibility index (Phi) is 5.06. The minimum atomic E-state index is 0.318. The van der Waals surface area contributed by atoms with Gasteiger partial charge < -0.3 is 9.42 Å². The molecule has 0 radical (unpaired) electrons. The van der Waals surface area contributed by atoms with Crippen molar-refractivity contribution in [2.45, 2.75) is 38.8 Å². The number of likely N-dealkylation sites (N-methyl/N-ethyl adjacent to an activating group) is 1. The second-order valence-electron chi connectivity index (χ2n) is 6.09. The summed E-state index contributed by atoms with van der Waals surface area (Å²) < 4.78 is 5.18. The smallest absolute Gasteiger partial charge is 0.226 e. The fraction of sp³-hybridized carbons (Fsp3) is 0.529. The molecule has 0 unspecified atom stereocenters. The van der Waals surface area contributed by atoms with Crippen LogP contribution in [0.4, 0.5) is 5.82 Å². The van der Waals surface area contributed by atoms with Crippen LogP contribution in [-0.4, -0.2) is 46.2 Å². The van der Waals surface area contributed by atoms with Gasteiger partial charge in [0.2, 0.25) is 5.89 Å². The maximum Gasteiger partial charge on any atom is 0.226 e. The van der Waals surface area contributed by atoms with E-state index < -0.39 is 0 Å². The highest BCUT2D eigenvalue weighted by Gasteiger charge is 2.26. The first-order valence-corrected chi connectivity index (χ1v) is 8.33. The van der Waals surface area contributed by atoms with Crippen molar-refractivity contribution in [2.24, 2.45) is 0 Å². The molecule has 1 atom stereocenters. The Morgan fingerprint density at radius 1 is 1.50 bits per heavy atom. The van der Waals surface area contributed by atoms with E-state index in [-0.39, 0.29) is 0 Å². The number of aryl methyl sites for hydroxylation is 1. The molecule has 7 nitrogen and oxygen atoms in total. The largest absolute Gasteiger partial charge is 0.354 e. The Hall–Kier alpha value is -2.46. The lowest BCUT2D eigenvalue weighted by Crippen LogP contribution is -2.46. The fourth-order valence-electron chi connectivity index (χ4n) is 3.13. The standard InChI is InChI=1S/C17H22N6O/c1-3-16-20-15(21-24-16)12-23-9-5-7-14(11-23)22(2)17-13(10-18)6-4-8-19-17/h4,6,8,14H,3,5,7,9,11-12H2,1-2H3/t14-/m1/s1. The average Bonchev–Trinajstić information content (AvgIpc) is 3.09. The molecule has 0 N–H and O–H groups in total. The van der Waals surface area contributed by atoms with Crippen LogP contribution in [0.15, 0.2) is 22.9 Å². The lowest BCUT2D eigenvalue weighted by molar-refractivity contribution is 0.192. The molecule has 1 saturated heterocycles.